The molecule has 3 heterocycles. The van der Waals surface area contributed by atoms with Gasteiger partial charge >= 0.3 is 12.1 Å². The molecular weight excluding hydrogens is 458 g/mol. The van der Waals surface area contributed by atoms with Gasteiger partial charge in [-0.05, 0) is 31.2 Å². The van der Waals surface area contributed by atoms with Crippen LogP contribution in [-0.4, -0.2) is 78.3 Å². The monoisotopic (exact) mass is 483 g/mol. The summed E-state index contributed by atoms with van der Waals surface area (Å²) < 4.78 is 11.1. The number of nitrogens with zero attached hydrogens (tertiary/aromatic N) is 1. The van der Waals surface area contributed by atoms with Crippen molar-refractivity contribution in [1.29, 1.82) is 0 Å². The number of ketones is 2. The normalized spacial score (nSPS) is 28.5. The molecule has 0 spiro atoms. The Balaban J connectivity index is 1.46. The number of rotatable bonds is 8. The van der Waals surface area contributed by atoms with Crippen molar-refractivity contribution in [3.05, 3.63) is 46.8 Å². The van der Waals surface area contributed by atoms with E-state index in [1.807, 2.05) is 4.90 Å². The minimum atomic E-state index is -1.04. The molecule has 12 nitrogen and oxygen atoms in total. The Hall–Kier alpha value is -3.90. The van der Waals surface area contributed by atoms with E-state index in [1.54, 1.807) is 31.2 Å². The van der Waals surface area contributed by atoms with E-state index < -0.39 is 23.7 Å². The average molecular weight is 483 g/mol. The second-order valence-corrected chi connectivity index (χ2v) is 8.87. The molecule has 1 aromatic rings. The minimum absolute atomic E-state index is 0.111. The fourth-order valence-electron chi connectivity index (χ4n) is 5.43. The highest BCUT2D eigenvalue weighted by Gasteiger charge is 2.72. The number of nitrogens with two attached hydrogens (primary N) is 1. The Morgan fingerprint density at radius 2 is 1.91 bits per heavy atom. The summed E-state index contributed by atoms with van der Waals surface area (Å²) in [5.74, 6) is -2.39. The second-order valence-electron chi connectivity index (χ2n) is 8.87. The molecule has 2 fully saturated rings. The number of hydrogen-bond donors (Lipinski definition) is 5. The molecule has 35 heavy (non-hydrogen) atoms. The predicted molar refractivity (Wildman–Crippen MR) is 122 cm³/mol. The van der Waals surface area contributed by atoms with Crippen molar-refractivity contribution in [3.63, 3.8) is 0 Å². The van der Waals surface area contributed by atoms with Gasteiger partial charge in [-0.25, -0.2) is 4.79 Å². The third kappa shape index (κ3) is 3.44. The molecule has 3 aliphatic heterocycles. The number of amides is 1. The number of carbonyl (C=O) groups excluding carboxylic acids is 3. The second kappa shape index (κ2) is 8.10. The van der Waals surface area contributed by atoms with Crippen LogP contribution in [0, 0.1) is 5.92 Å². The van der Waals surface area contributed by atoms with E-state index in [2.05, 4.69) is 16.0 Å². The zero-order valence-corrected chi connectivity index (χ0v) is 19.1. The van der Waals surface area contributed by atoms with Crippen molar-refractivity contribution in [1.82, 2.24) is 10.2 Å². The topological polar surface area (TPSA) is 182 Å². The van der Waals surface area contributed by atoms with E-state index in [1.165, 1.54) is 7.11 Å². The number of allylic oxidation sites excluding steroid dienone is 2. The van der Waals surface area contributed by atoms with E-state index in [9.17, 15) is 19.2 Å². The number of nitrogens with one attached hydrogen (secondary N) is 3. The molecule has 0 aromatic heterocycles. The van der Waals surface area contributed by atoms with Gasteiger partial charge in [0.2, 0.25) is 11.6 Å². The SMILES string of the molecule is COC12[C@@H]3N[C@@H]3CN1C1=C(C(=O)C(Nc3ccc(NCC(=O)O)cc3)=C(C)C1=O)[C@@H]2COC(N)=O. The molecule has 184 valence electrons. The third-order valence-corrected chi connectivity index (χ3v) is 7.03. The largest absolute Gasteiger partial charge is 0.480 e. The van der Waals surface area contributed by atoms with Gasteiger partial charge in [-0.3, -0.25) is 14.4 Å². The molecule has 4 aliphatic rings. The zero-order chi connectivity index (χ0) is 25.1. The van der Waals surface area contributed by atoms with Crippen LogP contribution in [0.15, 0.2) is 46.8 Å². The molecule has 0 radical (unpaired) electrons. The molecule has 6 N–H and O–H groups in total. The maximum atomic E-state index is 13.8. The van der Waals surface area contributed by atoms with Gasteiger partial charge in [0.15, 0.2) is 5.72 Å². The van der Waals surface area contributed by atoms with Crippen LogP contribution in [0.2, 0.25) is 0 Å². The number of benzene rings is 1. The highest BCUT2D eigenvalue weighted by Crippen LogP contribution is 2.55. The van der Waals surface area contributed by atoms with Gasteiger partial charge in [0.25, 0.3) is 0 Å². The van der Waals surface area contributed by atoms with E-state index in [4.69, 9.17) is 20.3 Å². The molecule has 1 amide bonds. The Kier molecular flexibility index (Phi) is 5.29. The Labute approximate surface area is 200 Å². The standard InChI is InChI=1S/C23H25N5O7/c1-10-17(26-12-5-3-11(4-6-12)25-7-15(29)30)20(32)16-13(9-35-22(24)33)23(34-2)21-14(27-21)8-28(23)18(16)19(10)31/h3-6,13-14,21,25-27H,7-9H2,1-2H3,(H2,24,33)(H,29,30)/t13-,14+,21+,23?/m0/s1. The fourth-order valence-corrected chi connectivity index (χ4v) is 5.43. The number of ether oxygens (including phenoxy) is 2. The number of anilines is 2. The van der Waals surface area contributed by atoms with Crippen LogP contribution >= 0.6 is 0 Å². The fraction of sp³-hybridized carbons (Fsp3) is 0.391. The van der Waals surface area contributed by atoms with Crippen LogP contribution in [-0.2, 0) is 23.9 Å². The van der Waals surface area contributed by atoms with Crippen molar-refractivity contribution < 1.29 is 33.8 Å². The van der Waals surface area contributed by atoms with Crippen molar-refractivity contribution in [2.75, 3.05) is 37.4 Å². The molecule has 5 rings (SSSR count). The van der Waals surface area contributed by atoms with Gasteiger partial charge in [0.05, 0.1) is 23.4 Å². The number of piperazine rings is 1. The molecule has 1 aliphatic carbocycles. The Morgan fingerprint density at radius 1 is 1.23 bits per heavy atom. The number of primary amides is 1. The predicted octanol–water partition coefficient (Wildman–Crippen LogP) is -0.00130. The molecule has 4 atom stereocenters. The van der Waals surface area contributed by atoms with Gasteiger partial charge < -0.3 is 41.2 Å². The molecule has 1 aromatic carbocycles. The number of fused-ring (bicyclic) bond motifs is 4. The summed E-state index contributed by atoms with van der Waals surface area (Å²) in [7, 11) is 1.51. The highest BCUT2D eigenvalue weighted by atomic mass is 16.6. The van der Waals surface area contributed by atoms with Gasteiger partial charge in [0.1, 0.15) is 13.2 Å². The summed E-state index contributed by atoms with van der Waals surface area (Å²) in [4.78, 5) is 51.3. The van der Waals surface area contributed by atoms with Crippen LogP contribution in [0.3, 0.4) is 0 Å². The maximum absolute atomic E-state index is 13.8. The highest BCUT2D eigenvalue weighted by molar-refractivity contribution is 6.26. The summed E-state index contributed by atoms with van der Waals surface area (Å²) in [6, 6.07) is 6.65. The summed E-state index contributed by atoms with van der Waals surface area (Å²) in [5.41, 5.74) is 6.20. The molecule has 2 saturated heterocycles. The van der Waals surface area contributed by atoms with Crippen molar-refractivity contribution >= 4 is 35.0 Å². The van der Waals surface area contributed by atoms with E-state index in [-0.39, 0.29) is 59.3 Å². The first kappa shape index (κ1) is 22.9. The Morgan fingerprint density at radius 3 is 2.54 bits per heavy atom. The number of methoxy groups -OCH3 is 1. The summed E-state index contributed by atoms with van der Waals surface area (Å²) in [5, 5.41) is 17.9. The van der Waals surface area contributed by atoms with Crippen LogP contribution < -0.4 is 21.7 Å². The van der Waals surface area contributed by atoms with Gasteiger partial charge in [-0.1, -0.05) is 0 Å². The van der Waals surface area contributed by atoms with E-state index in [0.29, 0.717) is 17.9 Å². The average Bonchev–Trinajstić information content (AvgIpc) is 3.44. The maximum Gasteiger partial charge on any atom is 0.404 e. The number of aliphatic carboxylic acids is 1. The van der Waals surface area contributed by atoms with Crippen LogP contribution in [0.4, 0.5) is 16.2 Å². The lowest BCUT2D eigenvalue weighted by Crippen LogP contribution is -2.55. The molecule has 12 heteroatoms. The lowest BCUT2D eigenvalue weighted by molar-refractivity contribution is -0.137. The number of hydrogen-bond acceptors (Lipinski definition) is 10. The van der Waals surface area contributed by atoms with E-state index in [0.717, 1.165) is 0 Å². The lowest BCUT2D eigenvalue weighted by atomic mass is 9.82. The van der Waals surface area contributed by atoms with Gasteiger partial charge in [0, 0.05) is 42.2 Å². The number of carbonyl (C=O) groups is 4. The smallest absolute Gasteiger partial charge is 0.404 e. The van der Waals surface area contributed by atoms with Crippen molar-refractivity contribution in [2.45, 2.75) is 24.7 Å². The summed E-state index contributed by atoms with van der Waals surface area (Å²) in [6.07, 6.45) is -0.980. The third-order valence-electron chi connectivity index (χ3n) is 7.03. The number of carboxylic acids is 1. The summed E-state index contributed by atoms with van der Waals surface area (Å²) in [6.45, 7) is 1.64. The van der Waals surface area contributed by atoms with Crippen LogP contribution in [0.5, 0.6) is 0 Å². The molecule has 0 bridgehead atoms. The van der Waals surface area contributed by atoms with Crippen LogP contribution in [0.25, 0.3) is 0 Å². The number of carboxylic acid groups (broad SMARTS) is 1. The first-order chi connectivity index (χ1) is 16.7. The molecular formula is C23H25N5O7. The van der Waals surface area contributed by atoms with Gasteiger partial charge in [-0.2, -0.15) is 0 Å². The Bertz CT molecular complexity index is 1210. The molecule has 0 saturated carbocycles. The zero-order valence-electron chi connectivity index (χ0n) is 19.1. The molecule has 1 unspecified atom stereocenters. The van der Waals surface area contributed by atoms with Gasteiger partial charge in [-0.15, -0.1) is 0 Å². The number of Topliss-reactive ketones (excluding diaryl/α,β-unsaturated/α-hetero) is 2. The first-order valence-electron chi connectivity index (χ1n) is 11.1. The van der Waals surface area contributed by atoms with Crippen LogP contribution in [0.1, 0.15) is 6.92 Å². The van der Waals surface area contributed by atoms with Crippen molar-refractivity contribution in [2.24, 2.45) is 11.7 Å². The lowest BCUT2D eigenvalue weighted by Gasteiger charge is -2.39. The quantitative estimate of drug-likeness (QED) is 0.248. The summed E-state index contributed by atoms with van der Waals surface area (Å²) >= 11 is 0. The van der Waals surface area contributed by atoms with Crippen molar-refractivity contribution in [3.8, 4) is 0 Å². The van der Waals surface area contributed by atoms with E-state index >= 15 is 0 Å². The minimum Gasteiger partial charge on any atom is -0.480 e. The first-order valence-corrected chi connectivity index (χ1v) is 11.1.